The fraction of sp³-hybridized carbons (Fsp3) is 0.0526. The zero-order chi connectivity index (χ0) is 20.5. The van der Waals surface area contributed by atoms with Crippen LogP contribution in [0.1, 0.15) is 11.3 Å². The van der Waals surface area contributed by atoms with Crippen molar-refractivity contribution >= 4 is 45.9 Å². The van der Waals surface area contributed by atoms with Crippen molar-refractivity contribution in [2.45, 2.75) is 6.92 Å². The molecule has 1 N–H and O–H groups in total. The van der Waals surface area contributed by atoms with E-state index in [4.69, 9.17) is 23.2 Å². The molecule has 0 saturated carbocycles. The molecule has 2 heterocycles. The molecule has 0 radical (unpaired) electrons. The molecule has 0 spiro atoms. The van der Waals surface area contributed by atoms with Crippen LogP contribution in [0, 0.1) is 12.7 Å². The van der Waals surface area contributed by atoms with E-state index in [1.54, 1.807) is 25.1 Å². The van der Waals surface area contributed by atoms with Gasteiger partial charge in [0.1, 0.15) is 5.82 Å². The van der Waals surface area contributed by atoms with E-state index in [1.807, 2.05) is 0 Å². The maximum Gasteiger partial charge on any atom is 0.280 e. The number of aliphatic imine (C=N–C) groups is 1. The average Bonchev–Trinajstić information content (AvgIpc) is 3.26. The smallest absolute Gasteiger partial charge is 0.280 e. The lowest BCUT2D eigenvalue weighted by Crippen LogP contribution is -2.17. The predicted octanol–water partition coefficient (Wildman–Crippen LogP) is 5.19. The molecule has 0 saturated heterocycles. The third kappa shape index (κ3) is 4.00. The van der Waals surface area contributed by atoms with Gasteiger partial charge in [-0.3, -0.25) is 9.89 Å². The number of rotatable bonds is 4. The van der Waals surface area contributed by atoms with Crippen LogP contribution in [0.3, 0.4) is 0 Å². The maximum absolute atomic E-state index is 13.1. The zero-order valence-electron chi connectivity index (χ0n) is 14.9. The van der Waals surface area contributed by atoms with Crippen molar-refractivity contribution in [3.8, 4) is 16.3 Å². The first kappa shape index (κ1) is 19.5. The van der Waals surface area contributed by atoms with Crippen LogP contribution in [0.2, 0.25) is 10.0 Å². The highest BCUT2D eigenvalue weighted by Gasteiger charge is 2.13. The second-order valence-corrected chi connectivity index (χ2v) is 7.84. The minimum atomic E-state index is -0.375. The second kappa shape index (κ2) is 7.90. The standard InChI is InChI=1S/C19H12Cl2FN5OS/c1-10-15(18(28)27(26-10)13-5-3-12(22)4-6-13)9-23-19-25-24-17(29-19)14-7-2-11(20)8-16(14)21/h2-9,26H,1H3/b23-9+. The molecule has 4 rings (SSSR count). The first-order valence-corrected chi connectivity index (χ1v) is 9.90. The number of halogens is 3. The van der Waals surface area contributed by atoms with Crippen molar-refractivity contribution in [1.29, 1.82) is 0 Å². The number of hydrogen-bond acceptors (Lipinski definition) is 5. The Morgan fingerprint density at radius 1 is 1.17 bits per heavy atom. The molecule has 0 aliphatic carbocycles. The summed E-state index contributed by atoms with van der Waals surface area (Å²) >= 11 is 13.4. The quantitative estimate of drug-likeness (QED) is 0.437. The van der Waals surface area contributed by atoms with Crippen LogP contribution in [0.4, 0.5) is 9.52 Å². The third-order valence-corrected chi connectivity index (χ3v) is 5.49. The number of aromatic amines is 1. The monoisotopic (exact) mass is 447 g/mol. The molecule has 0 unspecified atom stereocenters. The van der Waals surface area contributed by atoms with E-state index in [9.17, 15) is 9.18 Å². The van der Waals surface area contributed by atoms with Gasteiger partial charge < -0.3 is 0 Å². The van der Waals surface area contributed by atoms with Crippen molar-refractivity contribution in [2.75, 3.05) is 0 Å². The summed E-state index contributed by atoms with van der Waals surface area (Å²) < 4.78 is 14.4. The van der Waals surface area contributed by atoms with Crippen LogP contribution in [0.5, 0.6) is 0 Å². The summed E-state index contributed by atoms with van der Waals surface area (Å²) in [6, 6.07) is 10.7. The lowest BCUT2D eigenvalue weighted by atomic mass is 10.2. The van der Waals surface area contributed by atoms with Crippen LogP contribution in [-0.4, -0.2) is 26.2 Å². The number of aryl methyl sites for hydroxylation is 1. The van der Waals surface area contributed by atoms with Crippen LogP contribution in [-0.2, 0) is 0 Å². The van der Waals surface area contributed by atoms with Gasteiger partial charge in [0.05, 0.1) is 16.3 Å². The molecule has 0 atom stereocenters. The molecule has 10 heteroatoms. The molecule has 146 valence electrons. The number of hydrogen-bond donors (Lipinski definition) is 1. The van der Waals surface area contributed by atoms with Crippen molar-refractivity contribution in [3.05, 3.63) is 79.9 Å². The van der Waals surface area contributed by atoms with Gasteiger partial charge in [-0.1, -0.05) is 34.5 Å². The average molecular weight is 448 g/mol. The summed E-state index contributed by atoms with van der Waals surface area (Å²) in [7, 11) is 0. The molecule has 4 aromatic rings. The molecule has 0 aliphatic rings. The Kier molecular flexibility index (Phi) is 5.31. The summed E-state index contributed by atoms with van der Waals surface area (Å²) in [6.45, 7) is 1.75. The normalized spacial score (nSPS) is 11.4. The Bertz CT molecular complexity index is 1280. The van der Waals surface area contributed by atoms with Crippen molar-refractivity contribution in [1.82, 2.24) is 20.0 Å². The van der Waals surface area contributed by atoms with E-state index in [1.165, 1.54) is 46.5 Å². The molecule has 0 bridgehead atoms. The highest BCUT2D eigenvalue weighted by molar-refractivity contribution is 7.18. The van der Waals surface area contributed by atoms with E-state index in [-0.39, 0.29) is 11.4 Å². The zero-order valence-corrected chi connectivity index (χ0v) is 17.2. The first-order valence-electron chi connectivity index (χ1n) is 8.33. The van der Waals surface area contributed by atoms with E-state index < -0.39 is 0 Å². The van der Waals surface area contributed by atoms with Gasteiger partial charge in [0.2, 0.25) is 5.13 Å². The SMILES string of the molecule is Cc1[nH]n(-c2ccc(F)cc2)c(=O)c1/C=N/c1nnc(-c2ccc(Cl)cc2Cl)s1. The van der Waals surface area contributed by atoms with Gasteiger partial charge in [0, 0.05) is 22.5 Å². The topological polar surface area (TPSA) is 75.9 Å². The van der Waals surface area contributed by atoms with Crippen LogP contribution in [0.15, 0.2) is 52.3 Å². The summed E-state index contributed by atoms with van der Waals surface area (Å²) in [5.41, 5.74) is 1.91. The van der Waals surface area contributed by atoms with Gasteiger partial charge in [0.15, 0.2) is 5.01 Å². The van der Waals surface area contributed by atoms with Gasteiger partial charge in [-0.05, 0) is 49.4 Å². The second-order valence-electron chi connectivity index (χ2n) is 6.04. The Morgan fingerprint density at radius 3 is 2.66 bits per heavy atom. The molecule has 2 aromatic carbocycles. The van der Waals surface area contributed by atoms with E-state index in [2.05, 4.69) is 20.3 Å². The minimum absolute atomic E-state index is 0.302. The minimum Gasteiger partial charge on any atom is -0.295 e. The maximum atomic E-state index is 13.1. The van der Waals surface area contributed by atoms with Gasteiger partial charge in [-0.15, -0.1) is 10.2 Å². The van der Waals surface area contributed by atoms with Gasteiger partial charge in [0.25, 0.3) is 5.56 Å². The molecule has 6 nitrogen and oxygen atoms in total. The lowest BCUT2D eigenvalue weighted by molar-refractivity contribution is 0.627. The van der Waals surface area contributed by atoms with Gasteiger partial charge >= 0.3 is 0 Å². The number of benzene rings is 2. The molecular weight excluding hydrogens is 436 g/mol. The van der Waals surface area contributed by atoms with E-state index in [0.29, 0.717) is 42.7 Å². The fourth-order valence-electron chi connectivity index (χ4n) is 2.64. The Hall–Kier alpha value is -2.81. The Balaban J connectivity index is 1.63. The van der Waals surface area contributed by atoms with Crippen molar-refractivity contribution < 1.29 is 4.39 Å². The number of aromatic nitrogens is 4. The summed E-state index contributed by atoms with van der Waals surface area (Å²) in [6.07, 6.45) is 1.43. The number of nitrogens with one attached hydrogen (secondary N) is 1. The van der Waals surface area contributed by atoms with Crippen molar-refractivity contribution in [2.24, 2.45) is 4.99 Å². The molecule has 0 amide bonds. The van der Waals surface area contributed by atoms with Crippen molar-refractivity contribution in [3.63, 3.8) is 0 Å². The summed E-state index contributed by atoms with van der Waals surface area (Å²) in [5.74, 6) is -0.375. The van der Waals surface area contributed by atoms with Crippen LogP contribution >= 0.6 is 34.5 Å². The Labute approximate surface area is 178 Å². The lowest BCUT2D eigenvalue weighted by Gasteiger charge is -2.00. The predicted molar refractivity (Wildman–Crippen MR) is 114 cm³/mol. The first-order chi connectivity index (χ1) is 13.9. The third-order valence-electron chi connectivity index (χ3n) is 4.08. The molecule has 2 aromatic heterocycles. The molecule has 0 aliphatic heterocycles. The molecule has 29 heavy (non-hydrogen) atoms. The summed E-state index contributed by atoms with van der Waals surface area (Å²) in [5, 5.41) is 13.0. The fourth-order valence-corrected chi connectivity index (χ4v) is 3.93. The largest absolute Gasteiger partial charge is 0.295 e. The van der Waals surface area contributed by atoms with Crippen LogP contribution < -0.4 is 5.56 Å². The van der Waals surface area contributed by atoms with Gasteiger partial charge in [-0.25, -0.2) is 14.1 Å². The molecule has 0 fully saturated rings. The number of nitrogens with zero attached hydrogens (tertiary/aromatic N) is 4. The highest BCUT2D eigenvalue weighted by Crippen LogP contribution is 2.34. The summed E-state index contributed by atoms with van der Waals surface area (Å²) in [4.78, 5) is 17.0. The molecular formula is C19H12Cl2FN5OS. The van der Waals surface area contributed by atoms with Crippen LogP contribution in [0.25, 0.3) is 16.3 Å². The Morgan fingerprint density at radius 2 is 1.93 bits per heavy atom. The van der Waals surface area contributed by atoms with E-state index >= 15 is 0 Å². The van der Waals surface area contributed by atoms with E-state index in [0.717, 1.165) is 0 Å². The highest BCUT2D eigenvalue weighted by atomic mass is 35.5. The van der Waals surface area contributed by atoms with Gasteiger partial charge in [-0.2, -0.15) is 0 Å². The number of H-pyrrole nitrogens is 1.